The second kappa shape index (κ2) is 14.7. The van der Waals surface area contributed by atoms with Gasteiger partial charge in [-0.2, -0.15) is 0 Å². The Balaban J connectivity index is -0.000000405. The van der Waals surface area contributed by atoms with Crippen molar-refractivity contribution in [1.29, 1.82) is 0 Å². The molecule has 0 fully saturated rings. The van der Waals surface area contributed by atoms with E-state index in [9.17, 15) is 23.8 Å². The molecule has 1 radical (unpaired) electrons. The molecule has 0 saturated carbocycles. The first-order chi connectivity index (χ1) is 8.14. The van der Waals surface area contributed by atoms with Crippen LogP contribution >= 0.6 is 27.0 Å². The molecule has 0 aliphatic heterocycles. The zero-order chi connectivity index (χ0) is 14.0. The second-order valence-corrected chi connectivity index (χ2v) is 7.30. The summed E-state index contributed by atoms with van der Waals surface area (Å²) in [5, 5.41) is 1.41. The maximum absolute atomic E-state index is 11.0. The number of rotatable bonds is 5. The van der Waals surface area contributed by atoms with Crippen LogP contribution < -0.4 is 119 Å². The fourth-order valence-corrected chi connectivity index (χ4v) is 2.79. The van der Waals surface area contributed by atoms with Gasteiger partial charge in [0, 0.05) is 40.5 Å². The van der Waals surface area contributed by atoms with Gasteiger partial charge in [0.25, 0.3) is 0 Å². The molecule has 0 aromatic heterocycles. The molecule has 0 aliphatic rings. The molecular weight excluding hydrogens is 392 g/mol. The second-order valence-electron chi connectivity index (χ2n) is 3.37. The van der Waals surface area contributed by atoms with E-state index in [-0.39, 0.29) is 124 Å². The van der Waals surface area contributed by atoms with Gasteiger partial charge in [-0.15, -0.1) is 11.8 Å². The molecule has 0 aliphatic carbocycles. The first-order valence-electron chi connectivity index (χ1n) is 4.59. The third-order valence-corrected chi connectivity index (χ3v) is 4.20. The van der Waals surface area contributed by atoms with Gasteiger partial charge in [-0.25, -0.2) is 0 Å². The number of thioether (sulfide) groups is 1. The zero-order valence-corrected chi connectivity index (χ0v) is 23.8. The predicted molar refractivity (Wildman–Crippen MR) is 70.9 cm³/mol. The maximum atomic E-state index is 11.0. The zero-order valence-electron chi connectivity index (χ0n) is 13.2. The Hall–Kier alpha value is 3.67. The number of hydrogen-bond donors (Lipinski definition) is 2. The van der Waals surface area contributed by atoms with Crippen molar-refractivity contribution >= 4 is 72.8 Å². The van der Waals surface area contributed by atoms with Crippen molar-refractivity contribution in [2.45, 2.75) is 0 Å². The number of nitrogens with one attached hydrogen (secondary N) is 1. The quantitative estimate of drug-likeness (QED) is 0.282. The van der Waals surface area contributed by atoms with Gasteiger partial charge in [0.05, 0.1) is 5.88 Å². The van der Waals surface area contributed by atoms with Crippen LogP contribution in [0.3, 0.4) is 0 Å². The van der Waals surface area contributed by atoms with Crippen molar-refractivity contribution in [3.8, 4) is 0 Å². The van der Waals surface area contributed by atoms with Gasteiger partial charge in [-0.05, 0) is 37.4 Å². The SMILES string of the molecule is CSCNc1cc(P(=O)([O-])[O-])cc(P(=O)([O-])O)c1.[Na+].[Na+].[Na+].[Na]. The van der Waals surface area contributed by atoms with Crippen LogP contribution in [0, 0.1) is 0 Å². The van der Waals surface area contributed by atoms with Gasteiger partial charge in [0.2, 0.25) is 0 Å². The van der Waals surface area contributed by atoms with Crippen LogP contribution in [0.1, 0.15) is 0 Å². The number of benzene rings is 1. The predicted octanol–water partition coefficient (Wildman–Crippen LogP) is -11.2. The Morgan fingerprint density at radius 1 is 1.09 bits per heavy atom. The van der Waals surface area contributed by atoms with Crippen molar-refractivity contribution in [1.82, 2.24) is 0 Å². The molecule has 1 aromatic carbocycles. The molecule has 0 spiro atoms. The number of hydrogen-bond acceptors (Lipinski definition) is 7. The van der Waals surface area contributed by atoms with E-state index in [1.807, 2.05) is 0 Å². The maximum Gasteiger partial charge on any atom is 1.00 e. The minimum Gasteiger partial charge on any atom is -0.807 e. The average molecular weight is 402 g/mol. The molecular formula is C8H10NNa4O6P2S. The summed E-state index contributed by atoms with van der Waals surface area (Å²) < 4.78 is 21.9. The van der Waals surface area contributed by atoms with E-state index in [2.05, 4.69) is 5.32 Å². The van der Waals surface area contributed by atoms with Crippen molar-refractivity contribution < 1.29 is 117 Å². The normalized spacial score (nSPS) is 12.4. The molecule has 1 unspecified atom stereocenters. The Morgan fingerprint density at radius 3 is 1.91 bits per heavy atom. The topological polar surface area (TPSA) is 136 Å². The Labute approximate surface area is 222 Å². The van der Waals surface area contributed by atoms with Gasteiger partial charge in [0.15, 0.2) is 7.60 Å². The van der Waals surface area contributed by atoms with Crippen molar-refractivity contribution in [2.24, 2.45) is 0 Å². The van der Waals surface area contributed by atoms with Crippen molar-refractivity contribution in [2.75, 3.05) is 17.4 Å². The smallest absolute Gasteiger partial charge is 0.807 e. The third-order valence-electron chi connectivity index (χ3n) is 1.97. The van der Waals surface area contributed by atoms with Gasteiger partial charge in [-0.1, -0.05) is 0 Å². The first kappa shape index (κ1) is 33.3. The molecule has 7 nitrogen and oxygen atoms in total. The van der Waals surface area contributed by atoms with Crippen LogP contribution in [0.15, 0.2) is 18.2 Å². The van der Waals surface area contributed by atoms with E-state index in [4.69, 9.17) is 4.89 Å². The van der Waals surface area contributed by atoms with Crippen molar-refractivity contribution in [3.05, 3.63) is 18.2 Å². The van der Waals surface area contributed by atoms with E-state index in [1.54, 1.807) is 6.26 Å². The molecule has 0 saturated heterocycles. The minimum atomic E-state index is -5.09. The third kappa shape index (κ3) is 12.1. The summed E-state index contributed by atoms with van der Waals surface area (Å²) in [7, 11) is -9.96. The monoisotopic (exact) mass is 402 g/mol. The fraction of sp³-hybridized carbons (Fsp3) is 0.250. The van der Waals surface area contributed by atoms with Gasteiger partial charge in [-0.3, -0.25) is 0 Å². The molecule has 0 bridgehead atoms. The molecule has 0 heterocycles. The average Bonchev–Trinajstić information content (AvgIpc) is 2.23. The summed E-state index contributed by atoms with van der Waals surface area (Å²) in [5.41, 5.74) is 0.133. The van der Waals surface area contributed by atoms with Crippen LogP contribution in [-0.4, -0.2) is 46.6 Å². The van der Waals surface area contributed by atoms with Crippen LogP contribution in [-0.2, 0) is 9.13 Å². The fourth-order valence-electron chi connectivity index (χ4n) is 1.17. The molecule has 1 aromatic rings. The van der Waals surface area contributed by atoms with Gasteiger partial charge >= 0.3 is 88.7 Å². The summed E-state index contributed by atoms with van der Waals surface area (Å²) in [5.74, 6) is 0.388. The molecule has 1 atom stereocenters. The van der Waals surface area contributed by atoms with E-state index >= 15 is 0 Å². The largest absolute Gasteiger partial charge is 1.00 e. The summed E-state index contributed by atoms with van der Waals surface area (Å²) in [6.45, 7) is 0. The number of anilines is 1. The summed E-state index contributed by atoms with van der Waals surface area (Å²) in [6, 6.07) is 2.72. The van der Waals surface area contributed by atoms with E-state index in [0.717, 1.165) is 12.1 Å². The Bertz CT molecular complexity index is 499. The standard InChI is InChI=1S/C8H13NO6P2S.4Na/c1-18-5-9-6-2-7(16(10,11)12)4-8(3-6)17(13,14)15;;;;/h2-4,9H,5H2,1H3,(H2,10,11,12)(H2,13,14,15);;;;/q;;3*+1/p-3. The van der Waals surface area contributed by atoms with Crippen LogP contribution in [0.25, 0.3) is 0 Å². The summed E-state index contributed by atoms with van der Waals surface area (Å²) >= 11 is 1.38. The van der Waals surface area contributed by atoms with Crippen LogP contribution in [0.2, 0.25) is 0 Å². The van der Waals surface area contributed by atoms with Crippen molar-refractivity contribution in [3.63, 3.8) is 0 Å². The van der Waals surface area contributed by atoms with Gasteiger partial charge < -0.3 is 34.0 Å². The molecule has 22 heavy (non-hydrogen) atoms. The van der Waals surface area contributed by atoms with E-state index in [1.165, 1.54) is 11.8 Å². The summed E-state index contributed by atoms with van der Waals surface area (Å²) in [6.07, 6.45) is 1.77. The molecule has 103 valence electrons. The minimum absolute atomic E-state index is 0. The molecule has 0 amide bonds. The Kier molecular flexibility index (Phi) is 22.2. The van der Waals surface area contributed by atoms with E-state index in [0.29, 0.717) is 11.9 Å². The van der Waals surface area contributed by atoms with Gasteiger partial charge in [0.1, 0.15) is 0 Å². The molecule has 14 heteroatoms. The molecule has 2 N–H and O–H groups in total. The summed E-state index contributed by atoms with van der Waals surface area (Å²) in [4.78, 5) is 41.7. The molecule has 1 rings (SSSR count). The van der Waals surface area contributed by atoms with Crippen LogP contribution in [0.5, 0.6) is 0 Å². The first-order valence-corrected chi connectivity index (χ1v) is 9.11. The Morgan fingerprint density at radius 2 is 1.55 bits per heavy atom. The van der Waals surface area contributed by atoms with E-state index < -0.39 is 25.8 Å². The van der Waals surface area contributed by atoms with Crippen LogP contribution in [0.4, 0.5) is 5.69 Å².